The summed E-state index contributed by atoms with van der Waals surface area (Å²) in [6, 6.07) is 18.0. The molecule has 0 spiro atoms. The normalized spacial score (nSPS) is 13.1. The Morgan fingerprint density at radius 1 is 0.711 bits per heavy atom. The highest BCUT2D eigenvalue weighted by Gasteiger charge is 2.30. The summed E-state index contributed by atoms with van der Waals surface area (Å²) < 4.78 is 0. The highest BCUT2D eigenvalue weighted by Crippen LogP contribution is 2.45. The van der Waals surface area contributed by atoms with Crippen molar-refractivity contribution < 1.29 is 10.2 Å². The first-order valence-corrected chi connectivity index (χ1v) is 14.5. The molecule has 0 bridgehead atoms. The number of phenols is 1. The summed E-state index contributed by atoms with van der Waals surface area (Å²) in [5, 5.41) is 21.5. The van der Waals surface area contributed by atoms with Crippen molar-refractivity contribution in [1.82, 2.24) is 0 Å². The van der Waals surface area contributed by atoms with Crippen LogP contribution in [0.15, 0.2) is 48.5 Å². The van der Waals surface area contributed by atoms with Gasteiger partial charge in [-0.25, -0.2) is 0 Å². The van der Waals surface area contributed by atoms with Gasteiger partial charge in [-0.3, -0.25) is 0 Å². The molecule has 1 atom stereocenters. The van der Waals surface area contributed by atoms with E-state index in [1.807, 2.05) is 0 Å². The smallest absolute Gasteiger partial charge is 0.123 e. The molecule has 38 heavy (non-hydrogen) atoms. The number of aromatic hydroxyl groups is 1. The maximum absolute atomic E-state index is 11.9. The number of aryl methyl sites for hydroxylation is 3. The summed E-state index contributed by atoms with van der Waals surface area (Å²) in [5.74, 6) is 0.328. The fraction of sp³-hybridized carbons (Fsp3) is 0.500. The van der Waals surface area contributed by atoms with Crippen LogP contribution in [0.1, 0.15) is 124 Å². The summed E-state index contributed by atoms with van der Waals surface area (Å²) >= 11 is 0. The number of unbranched alkanes of at least 4 members (excludes halogenated alkanes) is 1. The van der Waals surface area contributed by atoms with E-state index < -0.39 is 0 Å². The molecule has 0 aliphatic heterocycles. The van der Waals surface area contributed by atoms with E-state index in [1.54, 1.807) is 0 Å². The van der Waals surface area contributed by atoms with Crippen molar-refractivity contribution in [2.24, 2.45) is 0 Å². The molecule has 0 radical (unpaired) electrons. The summed E-state index contributed by atoms with van der Waals surface area (Å²) in [7, 11) is 0. The van der Waals surface area contributed by atoms with Crippen LogP contribution in [0, 0.1) is 13.8 Å². The molecule has 0 saturated heterocycles. The lowest BCUT2D eigenvalue weighted by molar-refractivity contribution is 0.288. The van der Waals surface area contributed by atoms with Crippen molar-refractivity contribution in [2.45, 2.75) is 111 Å². The van der Waals surface area contributed by atoms with E-state index in [-0.39, 0.29) is 23.4 Å². The lowest BCUT2D eigenvalue weighted by Gasteiger charge is -2.31. The third kappa shape index (κ3) is 6.89. The van der Waals surface area contributed by atoms with Gasteiger partial charge in [0.1, 0.15) is 5.75 Å². The summed E-state index contributed by atoms with van der Waals surface area (Å²) in [5.41, 5.74) is 10.7. The van der Waals surface area contributed by atoms with Crippen LogP contribution in [0.4, 0.5) is 0 Å². The Bertz CT molecular complexity index is 1140. The fourth-order valence-corrected chi connectivity index (χ4v) is 5.63. The van der Waals surface area contributed by atoms with E-state index >= 15 is 0 Å². The number of benzene rings is 3. The van der Waals surface area contributed by atoms with Crippen molar-refractivity contribution in [3.8, 4) is 5.75 Å². The van der Waals surface area contributed by atoms with Gasteiger partial charge >= 0.3 is 0 Å². The topological polar surface area (TPSA) is 40.5 Å². The maximum Gasteiger partial charge on any atom is 0.123 e. The predicted molar refractivity (Wildman–Crippen MR) is 163 cm³/mol. The third-order valence-corrected chi connectivity index (χ3v) is 7.80. The van der Waals surface area contributed by atoms with Gasteiger partial charge in [0.25, 0.3) is 0 Å². The molecular weight excluding hydrogens is 464 g/mol. The minimum absolute atomic E-state index is 0.0204. The number of hydrogen-bond donors (Lipinski definition) is 2. The summed E-state index contributed by atoms with van der Waals surface area (Å²) in [4.78, 5) is 0. The van der Waals surface area contributed by atoms with E-state index in [1.165, 1.54) is 38.9 Å². The zero-order chi connectivity index (χ0) is 28.3. The third-order valence-electron chi connectivity index (χ3n) is 7.80. The zero-order valence-corrected chi connectivity index (χ0v) is 25.3. The van der Waals surface area contributed by atoms with Gasteiger partial charge in [-0.1, -0.05) is 109 Å². The van der Waals surface area contributed by atoms with Gasteiger partial charge in [0.15, 0.2) is 0 Å². The van der Waals surface area contributed by atoms with Crippen LogP contribution >= 0.6 is 0 Å². The molecule has 3 aromatic rings. The first-order chi connectivity index (χ1) is 17.8. The molecule has 0 saturated carbocycles. The second-order valence-electron chi connectivity index (χ2n) is 13.2. The lowest BCUT2D eigenvalue weighted by Crippen LogP contribution is -2.18. The second kappa shape index (κ2) is 12.1. The minimum Gasteiger partial charge on any atom is -0.507 e. The lowest BCUT2D eigenvalue weighted by atomic mass is 9.74. The Morgan fingerprint density at radius 3 is 1.76 bits per heavy atom. The van der Waals surface area contributed by atoms with Crippen molar-refractivity contribution in [3.63, 3.8) is 0 Å². The quantitative estimate of drug-likeness (QED) is 0.280. The number of aliphatic hydroxyl groups is 1. The molecule has 0 fully saturated rings. The predicted octanol–water partition coefficient (Wildman–Crippen LogP) is 9.05. The van der Waals surface area contributed by atoms with Gasteiger partial charge in [-0.05, 0) is 89.3 Å². The van der Waals surface area contributed by atoms with Crippen molar-refractivity contribution in [1.29, 1.82) is 0 Å². The Hall–Kier alpha value is -2.58. The number of rotatable bonds is 9. The van der Waals surface area contributed by atoms with E-state index in [9.17, 15) is 10.2 Å². The van der Waals surface area contributed by atoms with E-state index in [0.717, 1.165) is 43.2 Å². The first kappa shape index (κ1) is 30.0. The van der Waals surface area contributed by atoms with Gasteiger partial charge in [0.05, 0.1) is 0 Å². The summed E-state index contributed by atoms with van der Waals surface area (Å²) in [6.07, 6.45) is 4.86. The van der Waals surface area contributed by atoms with Crippen LogP contribution in [0.5, 0.6) is 5.75 Å². The van der Waals surface area contributed by atoms with Gasteiger partial charge in [-0.15, -0.1) is 0 Å². The number of phenolic OH excluding ortho intramolecular Hbond substituents is 1. The summed E-state index contributed by atoms with van der Waals surface area (Å²) in [6.45, 7) is 20.2. The largest absolute Gasteiger partial charge is 0.507 e. The standard InChI is InChI=1S/C36H50O2/c1-10-11-13-26-21-30(34(38)32(23-26)36(7,8)9)33(28-17-15-24(2)16-18-28)29-20-27(14-12-19-37)22-31(25(29)3)35(4,5)6/h15-18,20-23,33,37-38H,10-14,19H2,1-9H3. The zero-order valence-electron chi connectivity index (χ0n) is 25.3. The molecule has 0 aliphatic carbocycles. The highest BCUT2D eigenvalue weighted by molar-refractivity contribution is 5.58. The van der Waals surface area contributed by atoms with E-state index in [2.05, 4.69) is 111 Å². The molecule has 1 unspecified atom stereocenters. The Morgan fingerprint density at radius 2 is 1.24 bits per heavy atom. The monoisotopic (exact) mass is 514 g/mol. The maximum atomic E-state index is 11.9. The highest BCUT2D eigenvalue weighted by atomic mass is 16.3. The van der Waals surface area contributed by atoms with Crippen LogP contribution in [0.25, 0.3) is 0 Å². The fourth-order valence-electron chi connectivity index (χ4n) is 5.63. The molecule has 0 heterocycles. The van der Waals surface area contributed by atoms with Crippen molar-refractivity contribution in [2.75, 3.05) is 6.61 Å². The molecule has 3 rings (SSSR count). The first-order valence-electron chi connectivity index (χ1n) is 14.5. The minimum atomic E-state index is -0.173. The van der Waals surface area contributed by atoms with Crippen LogP contribution < -0.4 is 0 Å². The molecule has 0 aliphatic rings. The number of hydrogen-bond acceptors (Lipinski definition) is 2. The molecule has 3 aromatic carbocycles. The molecule has 2 heteroatoms. The van der Waals surface area contributed by atoms with Gasteiger partial charge < -0.3 is 10.2 Å². The van der Waals surface area contributed by atoms with E-state index in [0.29, 0.717) is 5.75 Å². The molecule has 0 aromatic heterocycles. The average molecular weight is 515 g/mol. The Kier molecular flexibility index (Phi) is 9.52. The average Bonchev–Trinajstić information content (AvgIpc) is 2.84. The van der Waals surface area contributed by atoms with Crippen LogP contribution in [-0.2, 0) is 23.7 Å². The van der Waals surface area contributed by atoms with Gasteiger partial charge in [-0.2, -0.15) is 0 Å². The van der Waals surface area contributed by atoms with Crippen LogP contribution in [0.2, 0.25) is 0 Å². The van der Waals surface area contributed by atoms with Crippen LogP contribution in [0.3, 0.4) is 0 Å². The molecule has 206 valence electrons. The SMILES string of the molecule is CCCCc1cc(C(c2ccc(C)cc2)c2cc(CCCO)cc(C(C)(C)C)c2C)c(O)c(C(C)(C)C)c1. The van der Waals surface area contributed by atoms with Crippen LogP contribution in [-0.4, -0.2) is 16.8 Å². The molecule has 0 amide bonds. The Labute approximate surface area is 232 Å². The van der Waals surface area contributed by atoms with E-state index in [4.69, 9.17) is 0 Å². The van der Waals surface area contributed by atoms with Gasteiger partial charge in [0.2, 0.25) is 0 Å². The number of aliphatic hydroxyl groups excluding tert-OH is 1. The van der Waals surface area contributed by atoms with Crippen molar-refractivity contribution >= 4 is 0 Å². The van der Waals surface area contributed by atoms with Gasteiger partial charge in [0, 0.05) is 18.1 Å². The Balaban J connectivity index is 2.42. The molecule has 2 nitrogen and oxygen atoms in total. The molecular formula is C36H50O2. The van der Waals surface area contributed by atoms with Crippen molar-refractivity contribution in [3.05, 3.63) is 98.6 Å². The molecule has 2 N–H and O–H groups in total. The second-order valence-corrected chi connectivity index (χ2v) is 13.2.